The molecule has 0 saturated heterocycles. The van der Waals surface area contributed by atoms with Gasteiger partial charge < -0.3 is 10.3 Å². The molecular formula is C12H11N3O4S. The summed E-state index contributed by atoms with van der Waals surface area (Å²) in [5.41, 5.74) is -0.101. The average Bonchev–Trinajstić information content (AvgIpc) is 2.38. The molecule has 0 aliphatic carbocycles. The fourth-order valence-electron chi connectivity index (χ4n) is 1.52. The molecule has 0 fully saturated rings. The second-order valence-electron chi connectivity index (χ2n) is 3.95. The molecule has 4 N–H and O–H groups in total. The summed E-state index contributed by atoms with van der Waals surface area (Å²) in [4.78, 5) is 25.9. The van der Waals surface area contributed by atoms with Gasteiger partial charge in [-0.2, -0.15) is 0 Å². The number of H-pyrrole nitrogens is 1. The van der Waals surface area contributed by atoms with Crippen molar-refractivity contribution in [3.63, 3.8) is 0 Å². The zero-order valence-electron chi connectivity index (χ0n) is 10.2. The van der Waals surface area contributed by atoms with E-state index in [9.17, 15) is 18.0 Å². The normalized spacial score (nSPS) is 11.1. The van der Waals surface area contributed by atoms with Crippen LogP contribution in [-0.4, -0.2) is 19.3 Å². The van der Waals surface area contributed by atoms with Crippen LogP contribution in [0.4, 0.5) is 5.69 Å². The lowest BCUT2D eigenvalue weighted by Gasteiger charge is -2.05. The SMILES string of the molecule is NS(=O)(=O)c1ccc(NC(=O)c2c[nH]ccc2=O)cc1. The van der Waals surface area contributed by atoms with Crippen molar-refractivity contribution < 1.29 is 13.2 Å². The predicted octanol–water partition coefficient (Wildman–Crippen LogP) is 0.275. The number of pyridine rings is 1. The minimum absolute atomic E-state index is 0.0389. The molecule has 1 amide bonds. The van der Waals surface area contributed by atoms with E-state index in [1.807, 2.05) is 0 Å². The fourth-order valence-corrected chi connectivity index (χ4v) is 2.04. The second kappa shape index (κ2) is 5.27. The number of sulfonamides is 1. The van der Waals surface area contributed by atoms with Crippen molar-refractivity contribution in [2.75, 3.05) is 5.32 Å². The Bertz CT molecular complexity index is 794. The van der Waals surface area contributed by atoms with Crippen LogP contribution in [0.2, 0.25) is 0 Å². The molecule has 0 saturated carbocycles. The van der Waals surface area contributed by atoms with Crippen molar-refractivity contribution in [2.24, 2.45) is 5.14 Å². The highest BCUT2D eigenvalue weighted by Crippen LogP contribution is 2.13. The quantitative estimate of drug-likeness (QED) is 0.752. The molecule has 104 valence electrons. The Kier molecular flexibility index (Phi) is 3.68. The van der Waals surface area contributed by atoms with Crippen LogP contribution in [0.1, 0.15) is 10.4 Å². The zero-order valence-corrected chi connectivity index (χ0v) is 11.0. The Balaban J connectivity index is 2.21. The molecular weight excluding hydrogens is 282 g/mol. The number of carbonyl (C=O) groups is 1. The molecule has 2 rings (SSSR count). The molecule has 0 aliphatic rings. The lowest BCUT2D eigenvalue weighted by molar-refractivity contribution is 0.102. The van der Waals surface area contributed by atoms with Gasteiger partial charge in [0.15, 0.2) is 5.43 Å². The number of hydrogen-bond acceptors (Lipinski definition) is 4. The summed E-state index contributed by atoms with van der Waals surface area (Å²) in [6, 6.07) is 6.53. The molecule has 8 heteroatoms. The maximum Gasteiger partial charge on any atom is 0.261 e. The van der Waals surface area contributed by atoms with Crippen molar-refractivity contribution in [1.29, 1.82) is 0 Å². The van der Waals surface area contributed by atoms with Crippen molar-refractivity contribution >= 4 is 21.6 Å². The number of benzene rings is 1. The number of anilines is 1. The average molecular weight is 293 g/mol. The van der Waals surface area contributed by atoms with E-state index in [0.29, 0.717) is 5.69 Å². The fraction of sp³-hybridized carbons (Fsp3) is 0. The lowest BCUT2D eigenvalue weighted by Crippen LogP contribution is -2.20. The number of nitrogens with two attached hydrogens (primary N) is 1. The summed E-state index contributed by atoms with van der Waals surface area (Å²) in [5.74, 6) is -0.588. The van der Waals surface area contributed by atoms with E-state index >= 15 is 0 Å². The summed E-state index contributed by atoms with van der Waals surface area (Å²) in [6.45, 7) is 0. The van der Waals surface area contributed by atoms with Gasteiger partial charge >= 0.3 is 0 Å². The predicted molar refractivity (Wildman–Crippen MR) is 72.8 cm³/mol. The van der Waals surface area contributed by atoms with Crippen LogP contribution in [0.15, 0.2) is 52.4 Å². The molecule has 20 heavy (non-hydrogen) atoms. The molecule has 1 aromatic carbocycles. The molecule has 1 aromatic heterocycles. The molecule has 0 radical (unpaired) electrons. The first kappa shape index (κ1) is 14.0. The van der Waals surface area contributed by atoms with E-state index in [2.05, 4.69) is 10.3 Å². The Hall–Kier alpha value is -2.45. The Morgan fingerprint density at radius 1 is 1.15 bits per heavy atom. The van der Waals surface area contributed by atoms with Crippen LogP contribution >= 0.6 is 0 Å². The van der Waals surface area contributed by atoms with Crippen LogP contribution in [0.25, 0.3) is 0 Å². The van der Waals surface area contributed by atoms with Gasteiger partial charge in [-0.3, -0.25) is 9.59 Å². The Labute approximate surface area is 114 Å². The molecule has 1 heterocycles. The van der Waals surface area contributed by atoms with Crippen molar-refractivity contribution in [3.8, 4) is 0 Å². The standard InChI is InChI=1S/C12H11N3O4S/c13-20(18,19)9-3-1-8(2-4-9)15-12(17)10-7-14-6-5-11(10)16/h1-7H,(H,14,16)(H,15,17)(H2,13,18,19). The molecule has 0 spiro atoms. The van der Waals surface area contributed by atoms with Gasteiger partial charge in [-0.05, 0) is 24.3 Å². The number of carbonyl (C=O) groups excluding carboxylic acids is 1. The zero-order chi connectivity index (χ0) is 14.8. The summed E-state index contributed by atoms with van der Waals surface area (Å²) in [5, 5.41) is 7.44. The van der Waals surface area contributed by atoms with Crippen LogP contribution in [0.5, 0.6) is 0 Å². The van der Waals surface area contributed by atoms with Crippen molar-refractivity contribution in [1.82, 2.24) is 4.98 Å². The second-order valence-corrected chi connectivity index (χ2v) is 5.51. The lowest BCUT2D eigenvalue weighted by atomic mass is 10.2. The molecule has 7 nitrogen and oxygen atoms in total. The largest absolute Gasteiger partial charge is 0.367 e. The summed E-state index contributed by atoms with van der Waals surface area (Å²) < 4.78 is 22.2. The highest BCUT2D eigenvalue weighted by atomic mass is 32.2. The third-order valence-electron chi connectivity index (χ3n) is 2.51. The molecule has 0 bridgehead atoms. The number of primary sulfonamides is 1. The number of nitrogens with one attached hydrogen (secondary N) is 2. The molecule has 0 aliphatic heterocycles. The third kappa shape index (κ3) is 3.11. The van der Waals surface area contributed by atoms with Gasteiger partial charge in [0.1, 0.15) is 5.56 Å². The van der Waals surface area contributed by atoms with Crippen molar-refractivity contribution in [3.05, 3.63) is 58.5 Å². The molecule has 0 atom stereocenters. The third-order valence-corrected chi connectivity index (χ3v) is 3.44. The summed E-state index contributed by atoms with van der Waals surface area (Å²) in [6.07, 6.45) is 2.70. The van der Waals surface area contributed by atoms with E-state index in [1.54, 1.807) is 0 Å². The number of aromatic amines is 1. The van der Waals surface area contributed by atoms with Gasteiger partial charge in [0, 0.05) is 24.1 Å². The summed E-state index contributed by atoms with van der Waals surface area (Å²) >= 11 is 0. The minimum atomic E-state index is -3.77. The van der Waals surface area contributed by atoms with E-state index < -0.39 is 21.4 Å². The topological polar surface area (TPSA) is 122 Å². The van der Waals surface area contributed by atoms with Crippen LogP contribution < -0.4 is 15.9 Å². The minimum Gasteiger partial charge on any atom is -0.367 e. The van der Waals surface area contributed by atoms with Gasteiger partial charge in [-0.25, -0.2) is 13.6 Å². The Morgan fingerprint density at radius 3 is 2.35 bits per heavy atom. The number of rotatable bonds is 3. The van der Waals surface area contributed by atoms with E-state index in [4.69, 9.17) is 5.14 Å². The number of aromatic nitrogens is 1. The first-order chi connectivity index (χ1) is 9.38. The molecule has 2 aromatic rings. The van der Waals surface area contributed by atoms with Gasteiger partial charge in [0.25, 0.3) is 5.91 Å². The first-order valence-electron chi connectivity index (χ1n) is 5.49. The van der Waals surface area contributed by atoms with Crippen LogP contribution in [0, 0.1) is 0 Å². The smallest absolute Gasteiger partial charge is 0.261 e. The van der Waals surface area contributed by atoms with Crippen LogP contribution in [0.3, 0.4) is 0 Å². The highest BCUT2D eigenvalue weighted by Gasteiger charge is 2.11. The van der Waals surface area contributed by atoms with Gasteiger partial charge in [-0.1, -0.05) is 0 Å². The van der Waals surface area contributed by atoms with Crippen LogP contribution in [-0.2, 0) is 10.0 Å². The first-order valence-corrected chi connectivity index (χ1v) is 7.04. The van der Waals surface area contributed by atoms with Gasteiger partial charge in [0.2, 0.25) is 10.0 Å². The summed E-state index contributed by atoms with van der Waals surface area (Å²) in [7, 11) is -3.77. The van der Waals surface area contributed by atoms with E-state index in [0.717, 1.165) is 0 Å². The highest BCUT2D eigenvalue weighted by molar-refractivity contribution is 7.89. The monoisotopic (exact) mass is 293 g/mol. The Morgan fingerprint density at radius 2 is 1.80 bits per heavy atom. The maximum absolute atomic E-state index is 11.8. The molecule has 0 unspecified atom stereocenters. The van der Waals surface area contributed by atoms with E-state index in [1.165, 1.54) is 42.7 Å². The van der Waals surface area contributed by atoms with E-state index in [-0.39, 0.29) is 10.5 Å². The van der Waals surface area contributed by atoms with Gasteiger partial charge in [0.05, 0.1) is 4.90 Å². The number of amides is 1. The maximum atomic E-state index is 11.8. The number of hydrogen-bond donors (Lipinski definition) is 3. The van der Waals surface area contributed by atoms with Gasteiger partial charge in [-0.15, -0.1) is 0 Å². The van der Waals surface area contributed by atoms with Crippen molar-refractivity contribution in [2.45, 2.75) is 4.90 Å².